The van der Waals surface area contributed by atoms with Gasteiger partial charge < -0.3 is 10.2 Å². The number of hydrogen-bond acceptors (Lipinski definition) is 5. The largest absolute Gasteiger partial charge is 0.366 e. The number of nitrogens with one attached hydrogen (secondary N) is 1. The molecule has 1 atom stereocenters. The van der Waals surface area contributed by atoms with Crippen molar-refractivity contribution in [3.63, 3.8) is 0 Å². The third kappa shape index (κ3) is 3.18. The van der Waals surface area contributed by atoms with Gasteiger partial charge in [-0.05, 0) is 38.5 Å². The van der Waals surface area contributed by atoms with Crippen molar-refractivity contribution >= 4 is 17.2 Å². The van der Waals surface area contributed by atoms with E-state index in [-0.39, 0.29) is 11.9 Å². The van der Waals surface area contributed by atoms with Crippen molar-refractivity contribution < 1.29 is 4.79 Å². The van der Waals surface area contributed by atoms with E-state index in [1.807, 2.05) is 42.6 Å². The van der Waals surface area contributed by atoms with Crippen LogP contribution in [0, 0.1) is 25.2 Å². The number of nitriles is 1. The van der Waals surface area contributed by atoms with Crippen molar-refractivity contribution in [1.82, 2.24) is 19.9 Å². The summed E-state index contributed by atoms with van der Waals surface area (Å²) in [6, 6.07) is 11.8. The van der Waals surface area contributed by atoms with E-state index in [2.05, 4.69) is 22.4 Å². The minimum atomic E-state index is 0.00247. The van der Waals surface area contributed by atoms with E-state index in [1.54, 1.807) is 6.92 Å². The maximum Gasteiger partial charge on any atom is 0.217 e. The summed E-state index contributed by atoms with van der Waals surface area (Å²) in [5.41, 5.74) is 6.17. The molecule has 4 rings (SSSR count). The minimum absolute atomic E-state index is 0.00247. The van der Waals surface area contributed by atoms with E-state index in [0.29, 0.717) is 5.56 Å². The number of nitrogens with zero attached hydrogens (tertiary/aromatic N) is 5. The fourth-order valence-electron chi connectivity index (χ4n) is 3.88. The van der Waals surface area contributed by atoms with E-state index in [0.717, 1.165) is 53.5 Å². The smallest absolute Gasteiger partial charge is 0.217 e. The van der Waals surface area contributed by atoms with Crippen LogP contribution >= 0.6 is 0 Å². The second-order valence-electron chi connectivity index (χ2n) is 7.27. The van der Waals surface area contributed by atoms with Crippen LogP contribution in [0.5, 0.6) is 0 Å². The number of amides is 1. The normalized spacial score (nSPS) is 16.4. The van der Waals surface area contributed by atoms with Crippen LogP contribution in [0.4, 0.5) is 5.69 Å². The molecule has 142 valence electrons. The molecule has 1 N–H and O–H groups in total. The second kappa shape index (κ2) is 6.97. The topological polar surface area (TPSA) is 86.3 Å². The van der Waals surface area contributed by atoms with Crippen molar-refractivity contribution in [2.45, 2.75) is 33.2 Å². The van der Waals surface area contributed by atoms with Gasteiger partial charge in [0.1, 0.15) is 0 Å². The summed E-state index contributed by atoms with van der Waals surface area (Å²) >= 11 is 0. The van der Waals surface area contributed by atoms with Gasteiger partial charge in [-0.2, -0.15) is 10.4 Å². The third-order valence-corrected chi connectivity index (χ3v) is 5.08. The molecule has 1 amide bonds. The summed E-state index contributed by atoms with van der Waals surface area (Å²) in [6.07, 6.45) is 0.912. The predicted octanol–water partition coefficient (Wildman–Crippen LogP) is 2.60. The quantitative estimate of drug-likeness (QED) is 0.761. The van der Waals surface area contributed by atoms with Crippen molar-refractivity contribution in [3.05, 3.63) is 47.3 Å². The number of aromatic nitrogens is 3. The summed E-state index contributed by atoms with van der Waals surface area (Å²) in [6.45, 7) is 7.13. The van der Waals surface area contributed by atoms with Gasteiger partial charge in [-0.15, -0.1) is 0 Å². The summed E-state index contributed by atoms with van der Waals surface area (Å²) in [7, 11) is 0. The molecule has 3 heterocycles. The van der Waals surface area contributed by atoms with Gasteiger partial charge >= 0.3 is 0 Å². The zero-order valence-corrected chi connectivity index (χ0v) is 16.2. The van der Waals surface area contributed by atoms with E-state index < -0.39 is 0 Å². The molecule has 7 nitrogen and oxygen atoms in total. The Balaban J connectivity index is 1.78. The van der Waals surface area contributed by atoms with Crippen LogP contribution in [-0.4, -0.2) is 39.6 Å². The Morgan fingerprint density at radius 3 is 2.71 bits per heavy atom. The highest BCUT2D eigenvalue weighted by Gasteiger charge is 2.26. The molecule has 0 radical (unpaired) electrons. The van der Waals surface area contributed by atoms with Gasteiger partial charge in [0.2, 0.25) is 5.91 Å². The molecule has 1 aliphatic heterocycles. The Kier molecular flexibility index (Phi) is 4.47. The molecule has 1 fully saturated rings. The molecule has 7 heteroatoms. The van der Waals surface area contributed by atoms with Crippen LogP contribution < -0.4 is 10.2 Å². The van der Waals surface area contributed by atoms with E-state index in [9.17, 15) is 4.79 Å². The van der Waals surface area contributed by atoms with E-state index in [1.165, 1.54) is 0 Å². The Bertz CT molecular complexity index is 1090. The van der Waals surface area contributed by atoms with Crippen LogP contribution in [0.25, 0.3) is 16.9 Å². The van der Waals surface area contributed by atoms with Crippen LogP contribution in [0.2, 0.25) is 0 Å². The van der Waals surface area contributed by atoms with Crippen molar-refractivity contribution in [2.75, 3.05) is 18.0 Å². The monoisotopic (exact) mass is 374 g/mol. The van der Waals surface area contributed by atoms with E-state index >= 15 is 0 Å². The number of carbonyl (C=O) groups excluding carboxylic acids is 1. The van der Waals surface area contributed by atoms with Crippen molar-refractivity contribution in [3.8, 4) is 17.3 Å². The standard InChI is InChI=1S/C21H22N6O/c1-13-10-19(26-9-8-18(12-26)24-15(3)28)21-23-14(2)20(27(21)25-13)17-6-4-16(11-22)5-7-17/h4-7,10,18H,8-9,12H2,1-3H3,(H,24,28)/t18-/m1/s1. The Labute approximate surface area is 163 Å². The molecule has 1 aliphatic rings. The summed E-state index contributed by atoms with van der Waals surface area (Å²) in [5, 5.41) is 16.8. The Morgan fingerprint density at radius 1 is 1.29 bits per heavy atom. The third-order valence-electron chi connectivity index (χ3n) is 5.08. The van der Waals surface area contributed by atoms with Gasteiger partial charge in [-0.3, -0.25) is 4.79 Å². The average Bonchev–Trinajstić information content (AvgIpc) is 3.24. The highest BCUT2D eigenvalue weighted by Crippen LogP contribution is 2.31. The lowest BCUT2D eigenvalue weighted by molar-refractivity contribution is -0.119. The zero-order chi connectivity index (χ0) is 19.8. The van der Waals surface area contributed by atoms with Crippen LogP contribution in [0.3, 0.4) is 0 Å². The highest BCUT2D eigenvalue weighted by molar-refractivity contribution is 5.77. The molecular formula is C21H22N6O. The Hall–Kier alpha value is -3.40. The number of imidazole rings is 1. The van der Waals surface area contributed by atoms with Crippen LogP contribution in [0.1, 0.15) is 30.3 Å². The molecule has 3 aromatic rings. The molecule has 0 aliphatic carbocycles. The van der Waals surface area contributed by atoms with Crippen molar-refractivity contribution in [1.29, 1.82) is 5.26 Å². The number of fused-ring (bicyclic) bond motifs is 1. The summed E-state index contributed by atoms with van der Waals surface area (Å²) in [5.74, 6) is 0.00247. The number of benzene rings is 1. The lowest BCUT2D eigenvalue weighted by Gasteiger charge is -2.20. The molecule has 2 aromatic heterocycles. The number of hydrogen-bond donors (Lipinski definition) is 1. The predicted molar refractivity (Wildman–Crippen MR) is 107 cm³/mol. The number of anilines is 1. The SMILES string of the molecule is CC(=O)N[C@@H]1CCN(c2cc(C)nn3c(-c4ccc(C#N)cc4)c(C)nc23)C1. The molecule has 0 saturated carbocycles. The molecule has 0 unspecified atom stereocenters. The first-order valence-electron chi connectivity index (χ1n) is 9.36. The fraction of sp³-hybridized carbons (Fsp3) is 0.333. The molecular weight excluding hydrogens is 352 g/mol. The van der Waals surface area contributed by atoms with Gasteiger partial charge in [0, 0.05) is 31.6 Å². The number of aryl methyl sites for hydroxylation is 2. The fourth-order valence-corrected chi connectivity index (χ4v) is 3.88. The first-order chi connectivity index (χ1) is 13.5. The summed E-state index contributed by atoms with van der Waals surface area (Å²) in [4.78, 5) is 18.5. The van der Waals surface area contributed by atoms with Gasteiger partial charge in [-0.1, -0.05) is 12.1 Å². The minimum Gasteiger partial charge on any atom is -0.366 e. The average molecular weight is 374 g/mol. The zero-order valence-electron chi connectivity index (χ0n) is 16.2. The molecule has 0 bridgehead atoms. The van der Waals surface area contributed by atoms with E-state index in [4.69, 9.17) is 15.3 Å². The molecule has 1 aromatic carbocycles. The van der Waals surface area contributed by atoms with Crippen LogP contribution in [0.15, 0.2) is 30.3 Å². The molecule has 0 spiro atoms. The first kappa shape index (κ1) is 18.0. The maximum absolute atomic E-state index is 11.4. The van der Waals surface area contributed by atoms with Gasteiger partial charge in [0.05, 0.1) is 34.4 Å². The number of carbonyl (C=O) groups is 1. The first-order valence-corrected chi connectivity index (χ1v) is 9.36. The Morgan fingerprint density at radius 2 is 2.04 bits per heavy atom. The van der Waals surface area contributed by atoms with Crippen LogP contribution in [-0.2, 0) is 4.79 Å². The lowest BCUT2D eigenvalue weighted by Crippen LogP contribution is -2.35. The maximum atomic E-state index is 11.4. The number of rotatable bonds is 3. The van der Waals surface area contributed by atoms with Gasteiger partial charge in [0.15, 0.2) is 5.65 Å². The summed E-state index contributed by atoms with van der Waals surface area (Å²) < 4.78 is 1.90. The highest BCUT2D eigenvalue weighted by atomic mass is 16.1. The van der Waals surface area contributed by atoms with Gasteiger partial charge in [0.25, 0.3) is 0 Å². The van der Waals surface area contributed by atoms with Crippen molar-refractivity contribution in [2.24, 2.45) is 0 Å². The second-order valence-corrected chi connectivity index (χ2v) is 7.27. The molecule has 1 saturated heterocycles. The lowest BCUT2D eigenvalue weighted by atomic mass is 10.1. The molecule has 28 heavy (non-hydrogen) atoms. The van der Waals surface area contributed by atoms with Gasteiger partial charge in [-0.25, -0.2) is 9.50 Å².